The van der Waals surface area contributed by atoms with E-state index in [1.54, 1.807) is 4.90 Å². The van der Waals surface area contributed by atoms with Gasteiger partial charge in [0.25, 0.3) is 0 Å². The van der Waals surface area contributed by atoms with Crippen LogP contribution in [0.4, 0.5) is 26.3 Å². The lowest BCUT2D eigenvalue weighted by molar-refractivity contribution is -0.140. The summed E-state index contributed by atoms with van der Waals surface area (Å²) in [5.74, 6) is -4.54. The average Bonchev–Trinajstić information content (AvgIpc) is 2.84. The van der Waals surface area contributed by atoms with Crippen LogP contribution in [0.1, 0.15) is 28.7 Å². The summed E-state index contributed by atoms with van der Waals surface area (Å²) >= 11 is 0. The fraction of sp³-hybridized carbons (Fsp3) is 0.296. The largest absolute Gasteiger partial charge is 0.493 e. The molecular formula is C27H25F6NO5S. The first-order chi connectivity index (χ1) is 18.6. The molecule has 0 bridgehead atoms. The highest BCUT2D eigenvalue weighted by Gasteiger charge is 2.35. The molecule has 40 heavy (non-hydrogen) atoms. The van der Waals surface area contributed by atoms with Crippen molar-refractivity contribution in [3.8, 4) is 5.75 Å². The normalized spacial score (nSPS) is 12.1. The molecule has 0 amide bonds. The Morgan fingerprint density at radius 3 is 2.27 bits per heavy atom. The van der Waals surface area contributed by atoms with Crippen LogP contribution >= 0.6 is 0 Å². The van der Waals surface area contributed by atoms with E-state index in [1.807, 2.05) is 0 Å². The second-order valence-corrected chi connectivity index (χ2v) is 11.0. The number of ether oxygens (including phenoxy) is 1. The number of halogens is 6. The summed E-state index contributed by atoms with van der Waals surface area (Å²) in [5.41, 5.74) is -1.49. The van der Waals surface area contributed by atoms with Gasteiger partial charge in [0.1, 0.15) is 23.2 Å². The van der Waals surface area contributed by atoms with Gasteiger partial charge in [-0.25, -0.2) is 21.6 Å². The zero-order valence-corrected chi connectivity index (χ0v) is 22.0. The van der Waals surface area contributed by atoms with Crippen molar-refractivity contribution in [2.45, 2.75) is 37.0 Å². The smallest absolute Gasteiger partial charge is 0.419 e. The van der Waals surface area contributed by atoms with Crippen molar-refractivity contribution < 1.29 is 49.4 Å². The van der Waals surface area contributed by atoms with Gasteiger partial charge < -0.3 is 9.84 Å². The number of alkyl halides is 3. The summed E-state index contributed by atoms with van der Waals surface area (Å²) in [5, 5.41) is 8.98. The molecule has 0 spiro atoms. The van der Waals surface area contributed by atoms with E-state index < -0.39 is 61.9 Å². The number of carboxylic acids is 1. The third kappa shape index (κ3) is 8.46. The number of hydrogen-bond acceptors (Lipinski definition) is 5. The van der Waals surface area contributed by atoms with Gasteiger partial charge >= 0.3 is 12.1 Å². The first kappa shape index (κ1) is 31.0. The Balaban J connectivity index is 1.76. The molecule has 3 aromatic rings. The summed E-state index contributed by atoms with van der Waals surface area (Å²) in [7, 11) is -3.99. The molecule has 3 rings (SSSR count). The van der Waals surface area contributed by atoms with E-state index in [1.165, 1.54) is 30.3 Å². The molecule has 0 atom stereocenters. The zero-order valence-electron chi connectivity index (χ0n) is 21.1. The molecule has 13 heteroatoms. The van der Waals surface area contributed by atoms with Crippen molar-refractivity contribution in [1.82, 2.24) is 4.90 Å². The predicted octanol–water partition coefficient (Wildman–Crippen LogP) is 5.62. The van der Waals surface area contributed by atoms with Crippen LogP contribution in [0.2, 0.25) is 0 Å². The molecule has 0 aliphatic carbocycles. The predicted molar refractivity (Wildman–Crippen MR) is 133 cm³/mol. The van der Waals surface area contributed by atoms with Gasteiger partial charge in [0.15, 0.2) is 9.84 Å². The average molecular weight is 590 g/mol. The van der Waals surface area contributed by atoms with E-state index in [4.69, 9.17) is 9.84 Å². The lowest BCUT2D eigenvalue weighted by Gasteiger charge is -2.24. The van der Waals surface area contributed by atoms with Gasteiger partial charge in [-0.3, -0.25) is 9.69 Å². The number of nitrogens with zero attached hydrogens (tertiary/aromatic N) is 1. The van der Waals surface area contributed by atoms with Crippen LogP contribution in [-0.4, -0.2) is 43.8 Å². The van der Waals surface area contributed by atoms with E-state index in [0.29, 0.717) is 11.6 Å². The van der Waals surface area contributed by atoms with Gasteiger partial charge in [-0.1, -0.05) is 24.3 Å². The summed E-state index contributed by atoms with van der Waals surface area (Å²) in [6.07, 6.45) is -4.72. The first-order valence-electron chi connectivity index (χ1n) is 11.8. The monoisotopic (exact) mass is 589 g/mol. The number of hydrogen-bond donors (Lipinski definition) is 1. The van der Waals surface area contributed by atoms with Crippen LogP contribution in [0.3, 0.4) is 0 Å². The number of rotatable bonds is 12. The van der Waals surface area contributed by atoms with Crippen LogP contribution in [-0.2, 0) is 40.3 Å². The van der Waals surface area contributed by atoms with Crippen molar-refractivity contribution >= 4 is 15.8 Å². The molecular weight excluding hydrogens is 564 g/mol. The minimum Gasteiger partial charge on any atom is -0.493 e. The maximum atomic E-state index is 14.7. The number of carboxylic acid groups (broad SMARTS) is 1. The van der Waals surface area contributed by atoms with Gasteiger partial charge in [0.2, 0.25) is 0 Å². The maximum absolute atomic E-state index is 14.7. The Bertz CT molecular complexity index is 1460. The van der Waals surface area contributed by atoms with Gasteiger partial charge in [-0.05, 0) is 36.2 Å². The number of sulfone groups is 1. The van der Waals surface area contributed by atoms with Crippen molar-refractivity contribution in [1.29, 1.82) is 0 Å². The van der Waals surface area contributed by atoms with Crippen LogP contribution in [0.5, 0.6) is 5.75 Å². The molecule has 0 saturated carbocycles. The highest BCUT2D eigenvalue weighted by Crippen LogP contribution is 2.33. The van der Waals surface area contributed by atoms with Gasteiger partial charge in [-0.2, -0.15) is 13.2 Å². The fourth-order valence-electron chi connectivity index (χ4n) is 4.03. The highest BCUT2D eigenvalue weighted by atomic mass is 32.2. The van der Waals surface area contributed by atoms with E-state index in [-0.39, 0.29) is 44.0 Å². The summed E-state index contributed by atoms with van der Waals surface area (Å²) in [6.45, 7) is -0.0198. The second kappa shape index (κ2) is 12.7. The molecule has 0 saturated heterocycles. The maximum Gasteiger partial charge on any atom is 0.419 e. The van der Waals surface area contributed by atoms with Crippen LogP contribution in [0, 0.1) is 17.5 Å². The van der Waals surface area contributed by atoms with Crippen molar-refractivity contribution in [2.75, 3.05) is 19.4 Å². The van der Waals surface area contributed by atoms with Crippen molar-refractivity contribution in [3.05, 3.63) is 94.3 Å². The molecule has 0 heterocycles. The van der Waals surface area contributed by atoms with Gasteiger partial charge in [-0.15, -0.1) is 0 Å². The number of carbonyl (C=O) groups is 1. The topological polar surface area (TPSA) is 83.9 Å². The van der Waals surface area contributed by atoms with E-state index >= 15 is 0 Å². The third-order valence-corrected chi connectivity index (χ3v) is 7.00. The summed E-state index contributed by atoms with van der Waals surface area (Å²) in [6, 6.07) is 10.2. The summed E-state index contributed by atoms with van der Waals surface area (Å²) in [4.78, 5) is 12.1. The standard InChI is InChI=1S/C27H25F6NO5S/c1-40(37,38)24-13-20(12-23(29)21(24)14-25(35)36)39-11-3-10-34(15-17-6-8-19(28)9-7-17)16-18-4-2-5-22(26(18)30)27(31,32)33/h2,4-9,12-13H,3,10-11,14-16H2,1H3,(H,35,36). The molecule has 216 valence electrons. The quantitative estimate of drug-likeness (QED) is 0.218. The van der Waals surface area contributed by atoms with Gasteiger partial charge in [0, 0.05) is 43.1 Å². The molecule has 0 radical (unpaired) electrons. The highest BCUT2D eigenvalue weighted by molar-refractivity contribution is 7.90. The first-order valence-corrected chi connectivity index (χ1v) is 13.7. The van der Waals surface area contributed by atoms with E-state index in [9.17, 15) is 39.6 Å². The Kier molecular flexibility index (Phi) is 9.85. The van der Waals surface area contributed by atoms with Crippen LogP contribution < -0.4 is 4.74 Å². The number of benzene rings is 3. The van der Waals surface area contributed by atoms with E-state index in [2.05, 4.69) is 0 Å². The van der Waals surface area contributed by atoms with Crippen molar-refractivity contribution in [2.24, 2.45) is 0 Å². The molecule has 0 aromatic heterocycles. The lowest BCUT2D eigenvalue weighted by Crippen LogP contribution is -2.26. The fourth-order valence-corrected chi connectivity index (χ4v) is 4.97. The van der Waals surface area contributed by atoms with Crippen LogP contribution in [0.25, 0.3) is 0 Å². The Morgan fingerprint density at radius 1 is 1.00 bits per heavy atom. The minimum atomic E-state index is -4.88. The molecule has 0 unspecified atom stereocenters. The lowest BCUT2D eigenvalue weighted by atomic mass is 10.1. The third-order valence-electron chi connectivity index (χ3n) is 5.84. The van der Waals surface area contributed by atoms with E-state index in [0.717, 1.165) is 24.5 Å². The molecule has 1 N–H and O–H groups in total. The molecule has 6 nitrogen and oxygen atoms in total. The molecule has 0 fully saturated rings. The van der Waals surface area contributed by atoms with Gasteiger partial charge in [0.05, 0.1) is 23.5 Å². The Morgan fingerprint density at radius 2 is 1.68 bits per heavy atom. The summed E-state index contributed by atoms with van der Waals surface area (Å²) < 4.78 is 112. The Labute approximate surface area is 226 Å². The van der Waals surface area contributed by atoms with Crippen molar-refractivity contribution in [3.63, 3.8) is 0 Å². The number of aliphatic carboxylic acids is 1. The zero-order chi connectivity index (χ0) is 29.7. The molecule has 3 aromatic carbocycles. The molecule has 0 aliphatic rings. The molecule has 0 aliphatic heterocycles. The Hall–Kier alpha value is -3.58. The minimum absolute atomic E-state index is 0.0914. The SMILES string of the molecule is CS(=O)(=O)c1cc(OCCCN(Cc2ccc(F)cc2)Cc2cccc(C(F)(F)F)c2F)cc(F)c1CC(=O)O. The van der Waals surface area contributed by atoms with Crippen LogP contribution in [0.15, 0.2) is 59.5 Å². The second-order valence-electron chi connectivity index (χ2n) is 9.04.